The van der Waals surface area contributed by atoms with Gasteiger partial charge in [-0.25, -0.2) is 8.42 Å². The molecule has 0 aromatic heterocycles. The van der Waals surface area contributed by atoms with Crippen LogP contribution in [0.1, 0.15) is 71.1 Å². The molecule has 0 aliphatic carbocycles. The standard InChI is InChI=1S/C18H30NO3S/c1-2-3-4-5-6-7-8-9-10-11-15-23(21,22)19-17-13-12-14-18(20)16-17/h12-14,16,19H,2-11,15H2,1H3. The molecule has 0 saturated heterocycles. The first-order chi connectivity index (χ1) is 11.0. The van der Waals surface area contributed by atoms with E-state index in [-0.39, 0.29) is 11.5 Å². The van der Waals surface area contributed by atoms with Crippen LogP contribution in [0.3, 0.4) is 0 Å². The molecule has 1 aromatic carbocycles. The molecule has 1 radical (unpaired) electrons. The molecule has 0 fully saturated rings. The number of nitrogens with one attached hydrogen (secondary N) is 1. The third-order valence-corrected chi connectivity index (χ3v) is 5.25. The van der Waals surface area contributed by atoms with Gasteiger partial charge in [-0.2, -0.15) is 0 Å². The van der Waals surface area contributed by atoms with Crippen LogP contribution in [0.2, 0.25) is 0 Å². The average Bonchev–Trinajstić information content (AvgIpc) is 2.48. The number of sulfonamides is 1. The Hall–Kier alpha value is -1.23. The van der Waals surface area contributed by atoms with Crippen molar-refractivity contribution < 1.29 is 13.5 Å². The fourth-order valence-corrected chi connectivity index (χ4v) is 3.74. The molecule has 0 amide bonds. The molecular formula is C18H30NO3S. The molecule has 0 saturated carbocycles. The predicted molar refractivity (Wildman–Crippen MR) is 95.8 cm³/mol. The van der Waals surface area contributed by atoms with Gasteiger partial charge in [-0.05, 0) is 18.6 Å². The lowest BCUT2D eigenvalue weighted by Crippen LogP contribution is -2.16. The summed E-state index contributed by atoms with van der Waals surface area (Å²) in [5.74, 6) is -0.0730. The quantitative estimate of drug-likeness (QED) is 0.482. The van der Waals surface area contributed by atoms with Crippen LogP contribution in [-0.4, -0.2) is 14.2 Å². The highest BCUT2D eigenvalue weighted by atomic mass is 32.2. The number of hydrogen-bond acceptors (Lipinski definition) is 2. The molecule has 131 valence electrons. The van der Waals surface area contributed by atoms with Crippen molar-refractivity contribution in [3.63, 3.8) is 0 Å². The second kappa shape index (κ2) is 11.3. The Bertz CT molecular complexity index is 529. The van der Waals surface area contributed by atoms with Gasteiger partial charge in [-0.15, -0.1) is 0 Å². The SMILES string of the molecule is CCCCCCCCCCCCS(=O)(=O)Nc1cccc([O])c1. The van der Waals surface area contributed by atoms with E-state index in [9.17, 15) is 13.5 Å². The summed E-state index contributed by atoms with van der Waals surface area (Å²) in [5, 5.41) is 11.2. The first-order valence-electron chi connectivity index (χ1n) is 8.81. The highest BCUT2D eigenvalue weighted by Crippen LogP contribution is 2.18. The maximum atomic E-state index is 11.9. The average molecular weight is 341 g/mol. The lowest BCUT2D eigenvalue weighted by Gasteiger charge is -2.08. The largest absolute Gasteiger partial charge is 0.290 e. The van der Waals surface area contributed by atoms with Crippen LogP contribution in [0.25, 0.3) is 0 Å². The minimum absolute atomic E-state index is 0.118. The summed E-state index contributed by atoms with van der Waals surface area (Å²) in [6.07, 6.45) is 11.7. The Kier molecular flexibility index (Phi) is 9.76. The molecule has 0 aliphatic heterocycles. The third-order valence-electron chi connectivity index (χ3n) is 3.87. The second-order valence-electron chi connectivity index (χ2n) is 6.13. The minimum Gasteiger partial charge on any atom is -0.290 e. The van der Waals surface area contributed by atoms with Crippen LogP contribution in [0.15, 0.2) is 24.3 Å². The van der Waals surface area contributed by atoms with Gasteiger partial charge in [0.25, 0.3) is 0 Å². The Morgan fingerprint density at radius 3 is 2.00 bits per heavy atom. The van der Waals surface area contributed by atoms with Crippen LogP contribution >= 0.6 is 0 Å². The molecular weight excluding hydrogens is 310 g/mol. The van der Waals surface area contributed by atoms with E-state index in [0.29, 0.717) is 12.1 Å². The summed E-state index contributed by atoms with van der Waals surface area (Å²) in [5.41, 5.74) is 0.351. The highest BCUT2D eigenvalue weighted by Gasteiger charge is 2.10. The van der Waals surface area contributed by atoms with Crippen molar-refractivity contribution in [1.82, 2.24) is 0 Å². The first kappa shape index (κ1) is 19.8. The summed E-state index contributed by atoms with van der Waals surface area (Å²) in [6.45, 7) is 2.22. The zero-order chi connectivity index (χ0) is 17.0. The van der Waals surface area contributed by atoms with Gasteiger partial charge in [-0.1, -0.05) is 70.8 Å². The Morgan fingerprint density at radius 1 is 0.870 bits per heavy atom. The van der Waals surface area contributed by atoms with E-state index in [0.717, 1.165) is 12.8 Å². The van der Waals surface area contributed by atoms with Gasteiger partial charge in [0, 0.05) is 6.07 Å². The van der Waals surface area contributed by atoms with Gasteiger partial charge in [0.05, 0.1) is 11.4 Å². The van der Waals surface area contributed by atoms with Gasteiger partial charge >= 0.3 is 0 Å². The molecule has 0 unspecified atom stereocenters. The van der Waals surface area contributed by atoms with Crippen molar-refractivity contribution in [3.8, 4) is 5.75 Å². The van der Waals surface area contributed by atoms with Gasteiger partial charge in [-0.3, -0.25) is 9.83 Å². The zero-order valence-corrected chi connectivity index (χ0v) is 15.0. The number of benzene rings is 1. The van der Waals surface area contributed by atoms with E-state index >= 15 is 0 Å². The molecule has 4 nitrogen and oxygen atoms in total. The molecule has 0 atom stereocenters. The molecule has 0 heterocycles. The van der Waals surface area contributed by atoms with Crippen molar-refractivity contribution >= 4 is 15.7 Å². The number of rotatable bonds is 13. The van der Waals surface area contributed by atoms with E-state index in [1.165, 1.54) is 57.1 Å². The van der Waals surface area contributed by atoms with Crippen molar-refractivity contribution in [1.29, 1.82) is 0 Å². The summed E-state index contributed by atoms with van der Waals surface area (Å²) >= 11 is 0. The van der Waals surface area contributed by atoms with Crippen molar-refractivity contribution in [2.75, 3.05) is 10.5 Å². The van der Waals surface area contributed by atoms with Crippen molar-refractivity contribution in [3.05, 3.63) is 24.3 Å². The normalized spacial score (nSPS) is 11.5. The molecule has 0 aliphatic rings. The van der Waals surface area contributed by atoms with Crippen LogP contribution < -0.4 is 4.72 Å². The second-order valence-corrected chi connectivity index (χ2v) is 7.97. The topological polar surface area (TPSA) is 66.1 Å². The monoisotopic (exact) mass is 340 g/mol. The molecule has 5 heteroatoms. The van der Waals surface area contributed by atoms with Gasteiger partial charge in [0.15, 0.2) is 5.75 Å². The van der Waals surface area contributed by atoms with Gasteiger partial charge in [0.2, 0.25) is 10.0 Å². The summed E-state index contributed by atoms with van der Waals surface area (Å²) in [7, 11) is -3.35. The number of unbranched alkanes of at least 4 members (excludes halogenated alkanes) is 9. The van der Waals surface area contributed by atoms with E-state index in [1.54, 1.807) is 12.1 Å². The number of anilines is 1. The molecule has 1 N–H and O–H groups in total. The minimum atomic E-state index is -3.35. The zero-order valence-electron chi connectivity index (χ0n) is 14.2. The van der Waals surface area contributed by atoms with Crippen LogP contribution in [-0.2, 0) is 15.1 Å². The third kappa shape index (κ3) is 10.2. The van der Waals surface area contributed by atoms with Gasteiger partial charge < -0.3 is 0 Å². The lowest BCUT2D eigenvalue weighted by atomic mass is 10.1. The van der Waals surface area contributed by atoms with Crippen LogP contribution in [0.4, 0.5) is 5.69 Å². The lowest BCUT2D eigenvalue weighted by molar-refractivity contribution is 0.355. The molecule has 1 rings (SSSR count). The fraction of sp³-hybridized carbons (Fsp3) is 0.667. The van der Waals surface area contributed by atoms with E-state index < -0.39 is 10.0 Å². The first-order valence-corrected chi connectivity index (χ1v) is 10.5. The molecule has 23 heavy (non-hydrogen) atoms. The Balaban J connectivity index is 2.08. The maximum Gasteiger partial charge on any atom is 0.232 e. The number of hydrogen-bond donors (Lipinski definition) is 1. The smallest absolute Gasteiger partial charge is 0.232 e. The van der Waals surface area contributed by atoms with Crippen LogP contribution in [0, 0.1) is 0 Å². The molecule has 0 bridgehead atoms. The van der Waals surface area contributed by atoms with E-state index in [4.69, 9.17) is 0 Å². The van der Waals surface area contributed by atoms with Crippen LogP contribution in [0.5, 0.6) is 5.75 Å². The van der Waals surface area contributed by atoms with Crippen molar-refractivity contribution in [2.45, 2.75) is 71.1 Å². The summed E-state index contributed by atoms with van der Waals surface area (Å²) in [4.78, 5) is 0. The predicted octanol–water partition coefficient (Wildman–Crippen LogP) is 5.49. The maximum absolute atomic E-state index is 11.9. The van der Waals surface area contributed by atoms with E-state index in [1.807, 2.05) is 0 Å². The summed E-state index contributed by atoms with van der Waals surface area (Å²) in [6, 6.07) is 5.86. The Labute approximate surface area is 141 Å². The molecule has 1 aromatic rings. The van der Waals surface area contributed by atoms with E-state index in [2.05, 4.69) is 11.6 Å². The summed E-state index contributed by atoms with van der Waals surface area (Å²) < 4.78 is 26.3. The Morgan fingerprint density at radius 2 is 1.43 bits per heavy atom. The highest BCUT2D eigenvalue weighted by molar-refractivity contribution is 7.92. The van der Waals surface area contributed by atoms with Gasteiger partial charge in [0.1, 0.15) is 0 Å². The molecule has 0 spiro atoms. The fourth-order valence-electron chi connectivity index (χ4n) is 2.57. The van der Waals surface area contributed by atoms with Crippen molar-refractivity contribution in [2.24, 2.45) is 0 Å².